The molecule has 0 aromatic heterocycles. The molecule has 0 radical (unpaired) electrons. The molecule has 2 bridgehead atoms. The van der Waals surface area contributed by atoms with Crippen LogP contribution < -0.4 is 10.6 Å². The third-order valence-corrected chi connectivity index (χ3v) is 8.98. The second-order valence-electron chi connectivity index (χ2n) is 11.0. The van der Waals surface area contributed by atoms with Crippen LogP contribution in [0.2, 0.25) is 0 Å². The predicted molar refractivity (Wildman–Crippen MR) is 140 cm³/mol. The summed E-state index contributed by atoms with van der Waals surface area (Å²) in [6.07, 6.45) is 3.36. The standard InChI is InChI=1S/C25H42N2O6S.CH2O2/c1-13(2)10-15-7-8-32-22-16(11-15)12-26-18(22)24(31)27-17-14(3)6-4-5-9-34-25-21(30)19(28)20(29)23(17)33-25;2-1-3/h4,6,13-23,25-26,28-30H,5,7-12H2,1-3H3,(H,27,31);1H,(H,2,3)/b6-4+;/t14-,15-,16-,17+,18-,19-,20+,21+,22+,23+,25+;/m0./s1. The Kier molecular flexibility index (Phi) is 11.7. The molecule has 0 aromatic rings. The summed E-state index contributed by atoms with van der Waals surface area (Å²) in [5.74, 6) is 2.01. The molecule has 11 heteroatoms. The fourth-order valence-electron chi connectivity index (χ4n) is 6.03. The molecular formula is C26H44N2O8S. The molecule has 0 saturated carbocycles. The van der Waals surface area contributed by atoms with Crippen LogP contribution in [-0.4, -0.2) is 99.7 Å². The molecule has 3 saturated heterocycles. The summed E-state index contributed by atoms with van der Waals surface area (Å²) in [7, 11) is 0. The van der Waals surface area contributed by atoms with Crippen molar-refractivity contribution in [3.05, 3.63) is 12.2 Å². The van der Waals surface area contributed by atoms with E-state index in [9.17, 15) is 20.1 Å². The van der Waals surface area contributed by atoms with Gasteiger partial charge >= 0.3 is 0 Å². The van der Waals surface area contributed by atoms with Crippen LogP contribution in [0.15, 0.2) is 12.2 Å². The highest BCUT2D eigenvalue weighted by Crippen LogP contribution is 2.35. The Labute approximate surface area is 223 Å². The van der Waals surface area contributed by atoms with Crippen molar-refractivity contribution in [1.82, 2.24) is 10.6 Å². The fourth-order valence-corrected chi connectivity index (χ4v) is 7.10. The monoisotopic (exact) mass is 544 g/mol. The maximum atomic E-state index is 13.5. The zero-order valence-corrected chi connectivity index (χ0v) is 22.8. The predicted octanol–water partition coefficient (Wildman–Crippen LogP) is 0.738. The topological polar surface area (TPSA) is 158 Å². The van der Waals surface area contributed by atoms with E-state index < -0.39 is 41.9 Å². The smallest absolute Gasteiger partial charge is 0.290 e. The lowest BCUT2D eigenvalue weighted by molar-refractivity contribution is -0.207. The largest absolute Gasteiger partial charge is 0.483 e. The molecule has 4 rings (SSSR count). The number of ether oxygens (including phenoxy) is 2. The summed E-state index contributed by atoms with van der Waals surface area (Å²) in [5.41, 5.74) is -0.654. The Morgan fingerprint density at radius 1 is 1.22 bits per heavy atom. The Bertz CT molecular complexity index is 771. The highest BCUT2D eigenvalue weighted by molar-refractivity contribution is 7.99. The van der Waals surface area contributed by atoms with Crippen LogP contribution in [0.3, 0.4) is 0 Å². The maximum absolute atomic E-state index is 13.5. The van der Waals surface area contributed by atoms with Crippen molar-refractivity contribution >= 4 is 24.1 Å². The van der Waals surface area contributed by atoms with Crippen LogP contribution in [0.25, 0.3) is 0 Å². The van der Waals surface area contributed by atoms with Crippen LogP contribution in [0.5, 0.6) is 0 Å². The summed E-state index contributed by atoms with van der Waals surface area (Å²) in [5, 5.41) is 45.1. The second-order valence-corrected chi connectivity index (χ2v) is 12.2. The van der Waals surface area contributed by atoms with E-state index in [1.54, 1.807) is 0 Å². The molecule has 10 nitrogen and oxygen atoms in total. The number of amides is 1. The van der Waals surface area contributed by atoms with Gasteiger partial charge < -0.3 is 40.5 Å². The van der Waals surface area contributed by atoms with E-state index in [-0.39, 0.29) is 24.4 Å². The van der Waals surface area contributed by atoms with E-state index >= 15 is 0 Å². The van der Waals surface area contributed by atoms with Gasteiger partial charge in [-0.3, -0.25) is 9.59 Å². The number of hydrogen-bond acceptors (Lipinski definition) is 9. The van der Waals surface area contributed by atoms with E-state index in [1.165, 1.54) is 18.2 Å². The Morgan fingerprint density at radius 2 is 1.95 bits per heavy atom. The number of carboxylic acid groups (broad SMARTS) is 1. The SMILES string of the molecule is CC(C)C[C@@H]1CCO[C@@H]2[C@H](CN[C@@H]2C(=O)N[C@H]2[C@H]3O[C@H](SCC/C=C/[C@@H]2C)[C@H](O)[C@@H](O)[C@H]3O)C1.O=CO. The quantitative estimate of drug-likeness (QED) is 0.220. The van der Waals surface area contributed by atoms with Crippen LogP contribution in [0.4, 0.5) is 0 Å². The van der Waals surface area contributed by atoms with Gasteiger partial charge in [-0.2, -0.15) is 0 Å². The lowest BCUT2D eigenvalue weighted by Gasteiger charge is -2.45. The van der Waals surface area contributed by atoms with Gasteiger partial charge in [-0.15, -0.1) is 11.8 Å². The number of carbonyl (C=O) groups excluding carboxylic acids is 1. The maximum Gasteiger partial charge on any atom is 0.290 e. The number of allylic oxidation sites excluding steroid dienone is 1. The molecule has 11 atom stereocenters. The number of rotatable bonds is 4. The molecule has 212 valence electrons. The number of carbonyl (C=O) groups is 2. The molecule has 0 aliphatic carbocycles. The van der Waals surface area contributed by atoms with Gasteiger partial charge in [0.15, 0.2) is 0 Å². The van der Waals surface area contributed by atoms with E-state index in [0.29, 0.717) is 24.4 Å². The van der Waals surface area contributed by atoms with Crippen molar-refractivity contribution in [2.45, 2.75) is 94.5 Å². The van der Waals surface area contributed by atoms with Gasteiger partial charge in [0.25, 0.3) is 6.47 Å². The first kappa shape index (κ1) is 30.3. The molecule has 4 heterocycles. The van der Waals surface area contributed by atoms with Crippen LogP contribution in [0, 0.1) is 23.7 Å². The van der Waals surface area contributed by atoms with Gasteiger partial charge in [0.05, 0.1) is 12.1 Å². The molecule has 4 aliphatic rings. The van der Waals surface area contributed by atoms with Gasteiger partial charge in [0.1, 0.15) is 35.9 Å². The van der Waals surface area contributed by atoms with Crippen LogP contribution >= 0.6 is 11.8 Å². The van der Waals surface area contributed by atoms with E-state index in [4.69, 9.17) is 19.4 Å². The summed E-state index contributed by atoms with van der Waals surface area (Å²) < 4.78 is 12.3. The molecule has 3 fully saturated rings. The molecule has 0 aromatic carbocycles. The van der Waals surface area contributed by atoms with Gasteiger partial charge in [0, 0.05) is 13.2 Å². The number of hydrogen-bond donors (Lipinski definition) is 6. The molecule has 6 N–H and O–H groups in total. The first-order valence-electron chi connectivity index (χ1n) is 13.4. The highest BCUT2D eigenvalue weighted by atomic mass is 32.2. The van der Waals surface area contributed by atoms with E-state index in [1.807, 2.05) is 13.0 Å². The summed E-state index contributed by atoms with van der Waals surface area (Å²) in [6.45, 7) is 7.65. The normalized spacial score (nSPS) is 42.9. The summed E-state index contributed by atoms with van der Waals surface area (Å²) in [6, 6.07) is -1.02. The molecule has 1 amide bonds. The Hall–Kier alpha value is -1.21. The van der Waals surface area contributed by atoms with Crippen molar-refractivity contribution in [3.63, 3.8) is 0 Å². The van der Waals surface area contributed by atoms with Gasteiger partial charge in [-0.05, 0) is 55.1 Å². The van der Waals surface area contributed by atoms with E-state index in [2.05, 4.69) is 30.6 Å². The third-order valence-electron chi connectivity index (χ3n) is 7.79. The second kappa shape index (κ2) is 14.3. The lowest BCUT2D eigenvalue weighted by atomic mass is 9.85. The number of thioether (sulfide) groups is 1. The van der Waals surface area contributed by atoms with Crippen molar-refractivity contribution in [1.29, 1.82) is 0 Å². The Morgan fingerprint density at radius 3 is 2.65 bits per heavy atom. The minimum atomic E-state index is -1.33. The zero-order chi connectivity index (χ0) is 27.1. The van der Waals surface area contributed by atoms with Crippen LogP contribution in [0.1, 0.15) is 46.5 Å². The Balaban J connectivity index is 0.00000121. The molecule has 0 spiro atoms. The molecule has 0 unspecified atom stereocenters. The number of nitrogens with one attached hydrogen (secondary N) is 2. The molecule has 37 heavy (non-hydrogen) atoms. The minimum Gasteiger partial charge on any atom is -0.483 e. The summed E-state index contributed by atoms with van der Waals surface area (Å²) in [4.78, 5) is 21.9. The summed E-state index contributed by atoms with van der Waals surface area (Å²) >= 11 is 1.42. The van der Waals surface area contributed by atoms with Gasteiger partial charge in [0.2, 0.25) is 5.91 Å². The minimum absolute atomic E-state index is 0.127. The van der Waals surface area contributed by atoms with Crippen LogP contribution in [-0.2, 0) is 19.1 Å². The average Bonchev–Trinajstić information content (AvgIpc) is 3.14. The van der Waals surface area contributed by atoms with Crippen molar-refractivity contribution in [2.75, 3.05) is 18.9 Å². The third kappa shape index (κ3) is 7.68. The lowest BCUT2D eigenvalue weighted by Crippen LogP contribution is -2.65. The number of fused-ring (bicyclic) bond motifs is 3. The number of aliphatic hydroxyl groups excluding tert-OH is 3. The van der Waals surface area contributed by atoms with Crippen molar-refractivity contribution in [2.24, 2.45) is 23.7 Å². The molecule has 4 aliphatic heterocycles. The highest BCUT2D eigenvalue weighted by Gasteiger charge is 2.49. The number of aliphatic hydroxyl groups is 3. The van der Waals surface area contributed by atoms with Crippen molar-refractivity contribution in [3.8, 4) is 0 Å². The average molecular weight is 545 g/mol. The van der Waals surface area contributed by atoms with Gasteiger partial charge in [-0.1, -0.05) is 32.9 Å². The van der Waals surface area contributed by atoms with Gasteiger partial charge in [-0.25, -0.2) is 0 Å². The first-order chi connectivity index (χ1) is 17.7. The fraction of sp³-hybridized carbons (Fsp3) is 0.846. The van der Waals surface area contributed by atoms with Crippen molar-refractivity contribution < 1.29 is 39.5 Å². The van der Waals surface area contributed by atoms with E-state index in [0.717, 1.165) is 31.6 Å². The first-order valence-corrected chi connectivity index (χ1v) is 14.4. The zero-order valence-electron chi connectivity index (χ0n) is 21.9. The molecular weight excluding hydrogens is 500 g/mol.